The lowest BCUT2D eigenvalue weighted by atomic mass is 10.1. The topological polar surface area (TPSA) is 23.5 Å². The number of hydrogen-bond donors (Lipinski definition) is 3. The molecule has 1 rings (SSSR count). The second kappa shape index (κ2) is 6.30. The van der Waals surface area contributed by atoms with Crippen LogP contribution in [0.25, 0.3) is 0 Å². The summed E-state index contributed by atoms with van der Waals surface area (Å²) in [7, 11) is 0. The highest BCUT2D eigenvalue weighted by Gasteiger charge is 2.12. The minimum absolute atomic E-state index is 0.370. The van der Waals surface area contributed by atoms with E-state index in [-0.39, 0.29) is 0 Å². The van der Waals surface area contributed by atoms with Crippen molar-refractivity contribution in [2.45, 2.75) is 13.8 Å². The normalized spacial score (nSPS) is 10.5. The first-order valence-electron chi connectivity index (χ1n) is 5.37. The maximum atomic E-state index is 10.1. The van der Waals surface area contributed by atoms with E-state index in [2.05, 4.69) is 30.2 Å². The molecular weight excluding hydrogens is 238 g/mol. The van der Waals surface area contributed by atoms with Gasteiger partial charge in [-0.3, -0.25) is 0 Å². The monoisotopic (exact) mass is 257 g/mol. The summed E-state index contributed by atoms with van der Waals surface area (Å²) in [5.74, 6) is 1.90. The van der Waals surface area contributed by atoms with E-state index in [1.165, 1.54) is 0 Å². The fraction of sp³-hybridized carbons (Fsp3) is 0.500. The Hall–Kier alpha value is -0.480. The summed E-state index contributed by atoms with van der Waals surface area (Å²) >= 11 is 8.48. The molecule has 2 nitrogen and oxygen atoms in total. The Bertz CT molecular complexity index is 349. The molecule has 0 aliphatic carbocycles. The number of rotatable bonds is 5. The minimum atomic E-state index is 0.370. The molecule has 0 amide bonds. The maximum absolute atomic E-state index is 10.1. The number of phenolic OH excluding ortho intramolecular Hbond substituents is 1. The highest BCUT2D eigenvalue weighted by Crippen LogP contribution is 2.31. The van der Waals surface area contributed by atoms with Gasteiger partial charge in [0, 0.05) is 24.6 Å². The van der Waals surface area contributed by atoms with Crippen LogP contribution >= 0.6 is 25.3 Å². The van der Waals surface area contributed by atoms with Gasteiger partial charge in [-0.25, -0.2) is 0 Å². The van der Waals surface area contributed by atoms with Crippen LogP contribution < -0.4 is 4.90 Å². The van der Waals surface area contributed by atoms with E-state index in [1.807, 2.05) is 26.0 Å². The Morgan fingerprint density at radius 3 is 2.19 bits per heavy atom. The molecule has 0 aromatic heterocycles. The van der Waals surface area contributed by atoms with E-state index in [0.717, 1.165) is 41.4 Å². The number of hydrogen-bond acceptors (Lipinski definition) is 4. The molecule has 0 aliphatic rings. The SMILES string of the molecule is Cc1cc(C)c(O)c(N(CCS)CCS)c1. The van der Waals surface area contributed by atoms with Gasteiger partial charge in [0.05, 0.1) is 5.69 Å². The van der Waals surface area contributed by atoms with Crippen LogP contribution in [-0.4, -0.2) is 29.7 Å². The van der Waals surface area contributed by atoms with Crippen molar-refractivity contribution < 1.29 is 5.11 Å². The van der Waals surface area contributed by atoms with Gasteiger partial charge in [-0.2, -0.15) is 25.3 Å². The zero-order chi connectivity index (χ0) is 12.1. The second-order valence-corrected chi connectivity index (χ2v) is 4.78. The number of aromatic hydroxyl groups is 1. The van der Waals surface area contributed by atoms with Gasteiger partial charge in [-0.05, 0) is 31.0 Å². The Morgan fingerprint density at radius 2 is 1.69 bits per heavy atom. The first kappa shape index (κ1) is 13.6. The number of anilines is 1. The smallest absolute Gasteiger partial charge is 0.141 e. The average molecular weight is 257 g/mol. The molecule has 0 saturated heterocycles. The largest absolute Gasteiger partial charge is 0.505 e. The summed E-state index contributed by atoms with van der Waals surface area (Å²) in [4.78, 5) is 2.12. The van der Waals surface area contributed by atoms with Crippen LogP contribution in [0.4, 0.5) is 5.69 Å². The van der Waals surface area contributed by atoms with Gasteiger partial charge in [0.2, 0.25) is 0 Å². The fourth-order valence-corrected chi connectivity index (χ4v) is 2.26. The van der Waals surface area contributed by atoms with Crippen molar-refractivity contribution in [3.63, 3.8) is 0 Å². The molecule has 0 bridgehead atoms. The molecule has 1 aromatic rings. The molecule has 16 heavy (non-hydrogen) atoms. The number of phenols is 1. The Morgan fingerprint density at radius 1 is 1.12 bits per heavy atom. The van der Waals surface area contributed by atoms with Crippen LogP contribution in [0.5, 0.6) is 5.75 Å². The fourth-order valence-electron chi connectivity index (χ4n) is 1.77. The van der Waals surface area contributed by atoms with Crippen molar-refractivity contribution in [1.82, 2.24) is 0 Å². The van der Waals surface area contributed by atoms with Crippen LogP contribution in [-0.2, 0) is 0 Å². The molecule has 4 heteroatoms. The van der Waals surface area contributed by atoms with Crippen LogP contribution in [0.1, 0.15) is 11.1 Å². The standard InChI is InChI=1S/C12H19NOS2/c1-9-7-10(2)12(14)11(8-9)13(3-5-15)4-6-16/h7-8,14-16H,3-6H2,1-2H3. The van der Waals surface area contributed by atoms with Gasteiger partial charge in [0.25, 0.3) is 0 Å². The average Bonchev–Trinajstić information content (AvgIpc) is 2.23. The Balaban J connectivity index is 3.07. The van der Waals surface area contributed by atoms with Crippen molar-refractivity contribution in [2.75, 3.05) is 29.5 Å². The third kappa shape index (κ3) is 3.25. The first-order valence-corrected chi connectivity index (χ1v) is 6.63. The predicted molar refractivity (Wildman–Crippen MR) is 77.5 cm³/mol. The molecule has 0 spiro atoms. The summed E-state index contributed by atoms with van der Waals surface area (Å²) in [6.45, 7) is 5.60. The summed E-state index contributed by atoms with van der Waals surface area (Å²) in [6, 6.07) is 3.99. The summed E-state index contributed by atoms with van der Waals surface area (Å²) in [6.07, 6.45) is 0. The summed E-state index contributed by atoms with van der Waals surface area (Å²) < 4.78 is 0. The maximum Gasteiger partial charge on any atom is 0.141 e. The van der Waals surface area contributed by atoms with Gasteiger partial charge >= 0.3 is 0 Å². The molecule has 0 unspecified atom stereocenters. The molecule has 0 saturated carbocycles. The van der Waals surface area contributed by atoms with Crippen LogP contribution in [0.15, 0.2) is 12.1 Å². The number of thiol groups is 2. The van der Waals surface area contributed by atoms with Crippen molar-refractivity contribution in [3.05, 3.63) is 23.3 Å². The molecule has 1 aromatic carbocycles. The third-order valence-electron chi connectivity index (χ3n) is 2.51. The summed E-state index contributed by atoms with van der Waals surface area (Å²) in [5, 5.41) is 10.1. The lowest BCUT2D eigenvalue weighted by molar-refractivity contribution is 0.470. The van der Waals surface area contributed by atoms with Crippen molar-refractivity contribution in [3.8, 4) is 5.75 Å². The molecule has 0 radical (unpaired) electrons. The zero-order valence-electron chi connectivity index (χ0n) is 9.77. The Labute approximate surface area is 108 Å². The van der Waals surface area contributed by atoms with Crippen LogP contribution in [0, 0.1) is 13.8 Å². The highest BCUT2D eigenvalue weighted by molar-refractivity contribution is 7.80. The van der Waals surface area contributed by atoms with E-state index >= 15 is 0 Å². The number of nitrogens with zero attached hydrogens (tertiary/aromatic N) is 1. The predicted octanol–water partition coefficient (Wildman–Crippen LogP) is 2.68. The minimum Gasteiger partial charge on any atom is -0.505 e. The van der Waals surface area contributed by atoms with Gasteiger partial charge in [-0.15, -0.1) is 0 Å². The van der Waals surface area contributed by atoms with E-state index in [0.29, 0.717) is 5.75 Å². The van der Waals surface area contributed by atoms with Crippen LogP contribution in [0.3, 0.4) is 0 Å². The van der Waals surface area contributed by atoms with Gasteiger partial charge in [0.1, 0.15) is 5.75 Å². The number of benzene rings is 1. The lowest BCUT2D eigenvalue weighted by Crippen LogP contribution is -2.27. The lowest BCUT2D eigenvalue weighted by Gasteiger charge is -2.25. The van der Waals surface area contributed by atoms with Crippen molar-refractivity contribution in [1.29, 1.82) is 0 Å². The van der Waals surface area contributed by atoms with E-state index in [1.54, 1.807) is 0 Å². The number of aryl methyl sites for hydroxylation is 2. The first-order chi connectivity index (χ1) is 7.60. The zero-order valence-corrected chi connectivity index (χ0v) is 11.6. The van der Waals surface area contributed by atoms with Gasteiger partial charge < -0.3 is 10.0 Å². The molecule has 0 atom stereocenters. The van der Waals surface area contributed by atoms with E-state index in [9.17, 15) is 5.11 Å². The van der Waals surface area contributed by atoms with Crippen molar-refractivity contribution in [2.24, 2.45) is 0 Å². The molecule has 0 aliphatic heterocycles. The molecule has 90 valence electrons. The molecule has 0 fully saturated rings. The second-order valence-electron chi connectivity index (χ2n) is 3.88. The quantitative estimate of drug-likeness (QED) is 0.706. The van der Waals surface area contributed by atoms with E-state index in [4.69, 9.17) is 0 Å². The highest BCUT2D eigenvalue weighted by atomic mass is 32.1. The molecule has 1 N–H and O–H groups in total. The molecule has 0 heterocycles. The van der Waals surface area contributed by atoms with Gasteiger partial charge in [0.15, 0.2) is 0 Å². The summed E-state index contributed by atoms with van der Waals surface area (Å²) in [5.41, 5.74) is 2.97. The van der Waals surface area contributed by atoms with Crippen molar-refractivity contribution >= 4 is 30.9 Å². The van der Waals surface area contributed by atoms with Gasteiger partial charge in [-0.1, -0.05) is 6.07 Å². The Kier molecular flexibility index (Phi) is 5.35. The van der Waals surface area contributed by atoms with E-state index < -0.39 is 0 Å². The molecular formula is C12H19NOS2. The van der Waals surface area contributed by atoms with Crippen LogP contribution in [0.2, 0.25) is 0 Å². The third-order valence-corrected chi connectivity index (χ3v) is 2.91.